The van der Waals surface area contributed by atoms with Crippen LogP contribution in [-0.4, -0.2) is 64.3 Å². The second kappa shape index (κ2) is 14.8. The summed E-state index contributed by atoms with van der Waals surface area (Å²) in [6.45, 7) is 13.8. The maximum atomic E-state index is 10.1. The van der Waals surface area contributed by atoms with Crippen LogP contribution in [-0.2, 0) is 4.74 Å². The third-order valence-corrected chi connectivity index (χ3v) is 20.1. The number of aromatic hydroxyl groups is 1. The molecule has 10 rings (SSSR count). The van der Waals surface area contributed by atoms with Crippen LogP contribution in [0.25, 0.3) is 10.8 Å². The number of aliphatic hydroxyl groups is 2. The summed E-state index contributed by atoms with van der Waals surface area (Å²) in [7, 11) is 0. The van der Waals surface area contributed by atoms with Crippen LogP contribution >= 0.6 is 0 Å². The first kappa shape index (κ1) is 40.6. The van der Waals surface area contributed by atoms with Crippen LogP contribution in [0, 0.1) is 51.2 Å². The number of hydrogen-bond donors (Lipinski definition) is 3. The Balaban J connectivity index is 0.899. The molecule has 2 aromatic carbocycles. The van der Waals surface area contributed by atoms with Crippen LogP contribution in [0.5, 0.6) is 5.75 Å². The fourth-order valence-corrected chi connectivity index (χ4v) is 17.8. The minimum absolute atomic E-state index is 0.0171. The number of hydrogen-bond acceptors (Lipinski definition) is 5. The Kier molecular flexibility index (Phi) is 10.2. The van der Waals surface area contributed by atoms with Crippen LogP contribution in [0.1, 0.15) is 148 Å². The van der Waals surface area contributed by atoms with Crippen molar-refractivity contribution in [2.75, 3.05) is 33.0 Å². The highest BCUT2D eigenvalue weighted by molar-refractivity contribution is 5.84. The summed E-state index contributed by atoms with van der Waals surface area (Å²) in [4.78, 5) is 3.11. The molecule has 2 aliphatic heterocycles. The lowest BCUT2D eigenvalue weighted by Crippen LogP contribution is -2.73. The predicted molar refractivity (Wildman–Crippen MR) is 239 cm³/mol. The quantitative estimate of drug-likeness (QED) is 0.0950. The van der Waals surface area contributed by atoms with Gasteiger partial charge in [-0.25, -0.2) is 0 Å². The molecule has 5 fully saturated rings. The molecule has 3 N–H and O–H groups in total. The van der Waals surface area contributed by atoms with Gasteiger partial charge >= 0.3 is 0 Å². The summed E-state index contributed by atoms with van der Waals surface area (Å²) < 4.78 is 6.75. The molecule has 6 aliphatic carbocycles. The van der Waals surface area contributed by atoms with Crippen molar-refractivity contribution in [3.63, 3.8) is 0 Å². The molecule has 2 heterocycles. The van der Waals surface area contributed by atoms with Gasteiger partial charge in [0.2, 0.25) is 0 Å². The number of benzene rings is 2. The lowest BCUT2D eigenvalue weighted by Gasteiger charge is -2.74. The number of phenols is 1. The lowest BCUT2D eigenvalue weighted by atomic mass is 9.31. The van der Waals surface area contributed by atoms with Crippen molar-refractivity contribution in [3.8, 4) is 5.75 Å². The van der Waals surface area contributed by atoms with Crippen molar-refractivity contribution in [2.24, 2.45) is 51.2 Å². The molecule has 0 radical (unpaired) electrons. The van der Waals surface area contributed by atoms with E-state index in [4.69, 9.17) is 4.74 Å². The topological polar surface area (TPSA) is 72.9 Å². The predicted octanol–water partition coefficient (Wildman–Crippen LogP) is 11.7. The smallest absolute Gasteiger partial charge is 0.116 e. The highest BCUT2D eigenvalue weighted by Gasteiger charge is 2.87. The highest BCUT2D eigenvalue weighted by atomic mass is 16.5. The Labute approximate surface area is 355 Å². The van der Waals surface area contributed by atoms with Crippen molar-refractivity contribution >= 4 is 10.8 Å². The van der Waals surface area contributed by atoms with E-state index in [9.17, 15) is 15.3 Å². The molecule has 8 aliphatic rings. The van der Waals surface area contributed by atoms with Gasteiger partial charge in [-0.15, -0.1) is 0 Å². The Morgan fingerprint density at radius 1 is 0.949 bits per heavy atom. The van der Waals surface area contributed by atoms with Crippen molar-refractivity contribution < 1.29 is 20.1 Å². The van der Waals surface area contributed by atoms with Gasteiger partial charge in [0, 0.05) is 49.3 Å². The first-order valence-electron chi connectivity index (χ1n) is 24.4. The summed E-state index contributed by atoms with van der Waals surface area (Å²) in [5.74, 6) is 3.93. The molecule has 2 aromatic rings. The van der Waals surface area contributed by atoms with Gasteiger partial charge in [0.05, 0.1) is 5.54 Å². The van der Waals surface area contributed by atoms with E-state index < -0.39 is 0 Å². The maximum Gasteiger partial charge on any atom is 0.116 e. The monoisotopic (exact) mass is 802 g/mol. The fourth-order valence-electron chi connectivity index (χ4n) is 17.8. The average molecular weight is 802 g/mol. The van der Waals surface area contributed by atoms with E-state index in [0.29, 0.717) is 64.2 Å². The molecular formula is C54H75NO4. The zero-order chi connectivity index (χ0) is 40.8. The Bertz CT molecular complexity index is 2020. The highest BCUT2D eigenvalue weighted by Crippen LogP contribution is 2.90. The van der Waals surface area contributed by atoms with Crippen LogP contribution < -0.4 is 0 Å². The van der Waals surface area contributed by atoms with Gasteiger partial charge in [-0.05, 0) is 184 Å². The van der Waals surface area contributed by atoms with Crippen molar-refractivity contribution in [2.45, 2.75) is 154 Å². The van der Waals surface area contributed by atoms with Gasteiger partial charge < -0.3 is 20.1 Å². The summed E-state index contributed by atoms with van der Waals surface area (Å²) in [6, 6.07) is 12.3. The lowest BCUT2D eigenvalue weighted by molar-refractivity contribution is -0.231. The Morgan fingerprint density at radius 3 is 2.63 bits per heavy atom. The van der Waals surface area contributed by atoms with E-state index in [-0.39, 0.29) is 23.0 Å². The molecule has 0 aromatic heterocycles. The van der Waals surface area contributed by atoms with Gasteiger partial charge in [0.15, 0.2) is 0 Å². The number of nitrogens with zero attached hydrogens (tertiary/aromatic N) is 1. The molecule has 59 heavy (non-hydrogen) atoms. The van der Waals surface area contributed by atoms with Crippen LogP contribution in [0.3, 0.4) is 0 Å². The molecule has 4 spiro atoms. The van der Waals surface area contributed by atoms with Gasteiger partial charge in [-0.1, -0.05) is 86.9 Å². The third kappa shape index (κ3) is 5.48. The average Bonchev–Trinajstić information content (AvgIpc) is 3.40. The van der Waals surface area contributed by atoms with Gasteiger partial charge in [-0.2, -0.15) is 0 Å². The van der Waals surface area contributed by atoms with E-state index in [1.54, 1.807) is 11.6 Å². The Morgan fingerprint density at radius 2 is 1.80 bits per heavy atom. The summed E-state index contributed by atoms with van der Waals surface area (Å²) in [6.07, 6.45) is 31.6. The minimum atomic E-state index is -0.0171. The van der Waals surface area contributed by atoms with E-state index in [1.165, 1.54) is 94.5 Å². The fraction of sp³-hybridized carbons (Fsp3) is 0.704. The number of fused-ring (bicyclic) bond motifs is 2. The minimum Gasteiger partial charge on any atom is -0.508 e. The molecule has 4 saturated carbocycles. The van der Waals surface area contributed by atoms with E-state index in [2.05, 4.69) is 75.1 Å². The first-order valence-corrected chi connectivity index (χ1v) is 24.4. The third-order valence-electron chi connectivity index (χ3n) is 20.1. The largest absolute Gasteiger partial charge is 0.508 e. The molecule has 2 bridgehead atoms. The van der Waals surface area contributed by atoms with Crippen molar-refractivity contribution in [1.82, 2.24) is 4.90 Å². The van der Waals surface area contributed by atoms with Crippen LogP contribution in [0.4, 0.5) is 0 Å². The van der Waals surface area contributed by atoms with Crippen molar-refractivity contribution in [1.29, 1.82) is 0 Å². The van der Waals surface area contributed by atoms with Gasteiger partial charge in [-0.3, -0.25) is 4.90 Å². The molecule has 320 valence electrons. The van der Waals surface area contributed by atoms with E-state index in [0.717, 1.165) is 50.7 Å². The van der Waals surface area contributed by atoms with Crippen LogP contribution in [0.15, 0.2) is 71.8 Å². The summed E-state index contributed by atoms with van der Waals surface area (Å²) in [5, 5.41) is 32.1. The van der Waals surface area contributed by atoms with Crippen LogP contribution in [0.2, 0.25) is 0 Å². The molecule has 5 nitrogen and oxygen atoms in total. The molecule has 0 amide bonds. The molecule has 5 heteroatoms. The maximum absolute atomic E-state index is 10.1. The molecule has 1 unspecified atom stereocenters. The number of aliphatic hydroxyl groups excluding tert-OH is 2. The molecular weight excluding hydrogens is 727 g/mol. The number of ether oxygens (including phenoxy) is 1. The van der Waals surface area contributed by atoms with Crippen molar-refractivity contribution in [3.05, 3.63) is 77.4 Å². The number of allylic oxidation sites excluding steroid dienone is 3. The number of phenolic OH excluding ortho intramolecular Hbond substituents is 1. The normalized spacial score (nSPS) is 42.1. The van der Waals surface area contributed by atoms with Gasteiger partial charge in [0.1, 0.15) is 5.75 Å². The first-order chi connectivity index (χ1) is 28.6. The van der Waals surface area contributed by atoms with E-state index in [1.807, 2.05) is 17.7 Å². The second-order valence-corrected chi connectivity index (χ2v) is 21.9. The van der Waals surface area contributed by atoms with E-state index >= 15 is 0 Å². The SMILES string of the molecule is CC[C@H](C[C@H](CCO)CCOCC[C@@H]1CCC[C@@]12C[C@@H](C)[C@]13CCC(C)=C1C[C@@]21[C@]2(C=CC[C@@]13C)C=C[C@@H]1[C@H](CCCO)CC[C@@]13CN32)c1ccc2cc(O)ccc2c1. The number of rotatable bonds is 15. The van der Waals surface area contributed by atoms with Gasteiger partial charge in [0.25, 0.3) is 0 Å². The zero-order valence-corrected chi connectivity index (χ0v) is 37.0. The summed E-state index contributed by atoms with van der Waals surface area (Å²) in [5.41, 5.74) is 6.34. The molecule has 13 atom stereocenters. The second-order valence-electron chi connectivity index (χ2n) is 21.9. The standard InChI is InChI=1S/C54H75NO4/c1-5-40(42-11-12-44-33-46(58)14-13-43(44)32-42)31-39(18-28-57)19-29-59-30-20-45-10-6-22-50(45)34-38(3)53-26-15-37(2)48(53)35-54(50)49(53,4)21-8-23-52(54)25-17-47-41(9-7-27-56)16-24-51(47)36-55(51)52/h8,11-14,17,23,25,32-33,38-41,45,47,56-58H,5-7,9-10,15-16,18-22,24,26-31,34-36H2,1-4H3/t38-,39-,40-,41-,45+,47-,49-,50-,51-,52+,53-,54+,55?/m1/s1. The summed E-state index contributed by atoms with van der Waals surface area (Å²) >= 11 is 0. The molecule has 1 saturated heterocycles. The zero-order valence-electron chi connectivity index (χ0n) is 37.0. The Hall–Kier alpha value is -2.44.